The van der Waals surface area contributed by atoms with E-state index in [0.717, 1.165) is 0 Å². The number of hydrogen-bond acceptors (Lipinski definition) is 4. The SMILES string of the molecule is COc1ccc([N+](=O)[O-])cc1NC(C)=O. The lowest BCUT2D eigenvalue weighted by Gasteiger charge is -2.07. The van der Waals surface area contributed by atoms with Gasteiger partial charge in [0.2, 0.25) is 5.91 Å². The molecular formula is C9H10N2O4. The maximum absolute atomic E-state index is 10.8. The molecule has 1 N–H and O–H groups in total. The molecule has 6 nitrogen and oxygen atoms in total. The van der Waals surface area contributed by atoms with Crippen molar-refractivity contribution in [3.63, 3.8) is 0 Å². The maximum Gasteiger partial charge on any atom is 0.271 e. The number of carbonyl (C=O) groups excluding carboxylic acids is 1. The molecule has 15 heavy (non-hydrogen) atoms. The zero-order valence-electron chi connectivity index (χ0n) is 8.31. The van der Waals surface area contributed by atoms with Crippen LogP contribution in [0, 0.1) is 10.1 Å². The average Bonchev–Trinajstić information content (AvgIpc) is 2.16. The highest BCUT2D eigenvalue weighted by atomic mass is 16.6. The topological polar surface area (TPSA) is 81.5 Å². The van der Waals surface area contributed by atoms with E-state index in [1.165, 1.54) is 32.2 Å². The summed E-state index contributed by atoms with van der Waals surface area (Å²) in [6, 6.07) is 3.99. The first-order valence-corrected chi connectivity index (χ1v) is 4.14. The second-order valence-corrected chi connectivity index (χ2v) is 2.82. The molecule has 0 atom stereocenters. The Labute approximate surface area is 86.0 Å². The number of nitro groups is 1. The summed E-state index contributed by atoms with van der Waals surface area (Å²) in [7, 11) is 1.42. The van der Waals surface area contributed by atoms with Crippen LogP contribution in [0.1, 0.15) is 6.92 Å². The van der Waals surface area contributed by atoms with Crippen LogP contribution < -0.4 is 10.1 Å². The summed E-state index contributed by atoms with van der Waals surface area (Å²) in [5.41, 5.74) is 0.193. The van der Waals surface area contributed by atoms with Crippen molar-refractivity contribution in [2.75, 3.05) is 12.4 Å². The van der Waals surface area contributed by atoms with E-state index in [0.29, 0.717) is 11.4 Å². The van der Waals surface area contributed by atoms with Crippen LogP contribution in [-0.4, -0.2) is 17.9 Å². The van der Waals surface area contributed by atoms with Gasteiger partial charge in [0.05, 0.1) is 17.7 Å². The lowest BCUT2D eigenvalue weighted by molar-refractivity contribution is -0.384. The Morgan fingerprint density at radius 3 is 2.67 bits per heavy atom. The number of anilines is 1. The standard InChI is InChI=1S/C9H10N2O4/c1-6(12)10-8-5-7(11(13)14)3-4-9(8)15-2/h3-5H,1-2H3,(H,10,12). The smallest absolute Gasteiger partial charge is 0.271 e. The van der Waals surface area contributed by atoms with Crippen molar-refractivity contribution < 1.29 is 14.5 Å². The fourth-order valence-corrected chi connectivity index (χ4v) is 1.10. The molecule has 0 bridgehead atoms. The number of carbonyl (C=O) groups is 1. The van der Waals surface area contributed by atoms with E-state index in [4.69, 9.17) is 4.74 Å². The van der Waals surface area contributed by atoms with Gasteiger partial charge in [-0.05, 0) is 6.07 Å². The molecule has 0 aromatic heterocycles. The molecule has 0 fully saturated rings. The van der Waals surface area contributed by atoms with Gasteiger partial charge in [-0.15, -0.1) is 0 Å². The molecule has 0 spiro atoms. The molecule has 0 aliphatic carbocycles. The number of benzene rings is 1. The Morgan fingerprint density at radius 1 is 1.53 bits per heavy atom. The predicted molar refractivity (Wildman–Crippen MR) is 54.0 cm³/mol. The summed E-state index contributed by atoms with van der Waals surface area (Å²) < 4.78 is 4.94. The van der Waals surface area contributed by atoms with E-state index in [9.17, 15) is 14.9 Å². The Morgan fingerprint density at radius 2 is 2.20 bits per heavy atom. The maximum atomic E-state index is 10.8. The number of hydrogen-bond donors (Lipinski definition) is 1. The van der Waals surface area contributed by atoms with Crippen LogP contribution in [0.4, 0.5) is 11.4 Å². The lowest BCUT2D eigenvalue weighted by atomic mass is 10.2. The Balaban J connectivity index is 3.12. The molecular weight excluding hydrogens is 200 g/mol. The van der Waals surface area contributed by atoms with Crippen molar-refractivity contribution >= 4 is 17.3 Å². The highest BCUT2D eigenvalue weighted by molar-refractivity contribution is 5.90. The molecule has 6 heteroatoms. The van der Waals surface area contributed by atoms with Crippen LogP contribution in [0.5, 0.6) is 5.75 Å². The van der Waals surface area contributed by atoms with Gasteiger partial charge >= 0.3 is 0 Å². The van der Waals surface area contributed by atoms with Gasteiger partial charge in [-0.1, -0.05) is 0 Å². The molecule has 0 heterocycles. The van der Waals surface area contributed by atoms with Crippen LogP contribution in [0.2, 0.25) is 0 Å². The van der Waals surface area contributed by atoms with Gasteiger partial charge in [0.25, 0.3) is 5.69 Å². The minimum absolute atomic E-state index is 0.0976. The molecule has 0 saturated heterocycles. The van der Waals surface area contributed by atoms with E-state index < -0.39 is 4.92 Å². The minimum Gasteiger partial charge on any atom is -0.495 e. The van der Waals surface area contributed by atoms with Crippen LogP contribution in [0.15, 0.2) is 18.2 Å². The summed E-state index contributed by atoms with van der Waals surface area (Å²) >= 11 is 0. The zero-order valence-corrected chi connectivity index (χ0v) is 8.31. The van der Waals surface area contributed by atoms with Crippen molar-refractivity contribution in [1.29, 1.82) is 0 Å². The number of ether oxygens (including phenoxy) is 1. The minimum atomic E-state index is -0.537. The second kappa shape index (κ2) is 4.41. The summed E-state index contributed by atoms with van der Waals surface area (Å²) in [5, 5.41) is 12.9. The molecule has 0 aliphatic heterocycles. The van der Waals surface area contributed by atoms with Crippen molar-refractivity contribution in [3.05, 3.63) is 28.3 Å². The molecule has 0 aliphatic rings. The second-order valence-electron chi connectivity index (χ2n) is 2.82. The Hall–Kier alpha value is -2.11. The number of nitro benzene ring substituents is 1. The first-order chi connectivity index (χ1) is 7.04. The molecule has 0 saturated carbocycles. The summed E-state index contributed by atoms with van der Waals surface area (Å²) in [6.07, 6.45) is 0. The van der Waals surface area contributed by atoms with Gasteiger partial charge in [-0.25, -0.2) is 0 Å². The number of amides is 1. The van der Waals surface area contributed by atoms with Crippen molar-refractivity contribution in [2.45, 2.75) is 6.92 Å². The van der Waals surface area contributed by atoms with Crippen molar-refractivity contribution in [3.8, 4) is 5.75 Å². The molecule has 0 unspecified atom stereocenters. The zero-order chi connectivity index (χ0) is 11.4. The van der Waals surface area contributed by atoms with Gasteiger partial charge in [0.1, 0.15) is 5.75 Å². The fraction of sp³-hybridized carbons (Fsp3) is 0.222. The highest BCUT2D eigenvalue weighted by Gasteiger charge is 2.11. The van der Waals surface area contributed by atoms with E-state index in [-0.39, 0.29) is 11.6 Å². The van der Waals surface area contributed by atoms with Crippen LogP contribution in [0.3, 0.4) is 0 Å². The third kappa shape index (κ3) is 2.67. The van der Waals surface area contributed by atoms with Gasteiger partial charge < -0.3 is 10.1 Å². The molecule has 1 rings (SSSR count). The molecule has 0 radical (unpaired) electrons. The number of methoxy groups -OCH3 is 1. The average molecular weight is 210 g/mol. The van der Waals surface area contributed by atoms with Crippen molar-refractivity contribution in [1.82, 2.24) is 0 Å². The number of nitrogens with one attached hydrogen (secondary N) is 1. The molecule has 1 aromatic carbocycles. The summed E-state index contributed by atoms with van der Waals surface area (Å²) in [5.74, 6) is 0.0737. The number of non-ortho nitro benzene ring substituents is 1. The first kappa shape index (κ1) is 11.0. The summed E-state index contributed by atoms with van der Waals surface area (Å²) in [6.45, 7) is 1.32. The third-order valence-electron chi connectivity index (χ3n) is 1.70. The van der Waals surface area contributed by atoms with Crippen LogP contribution in [0.25, 0.3) is 0 Å². The van der Waals surface area contributed by atoms with Gasteiger partial charge in [0, 0.05) is 19.1 Å². The first-order valence-electron chi connectivity index (χ1n) is 4.14. The van der Waals surface area contributed by atoms with Gasteiger partial charge in [0.15, 0.2) is 0 Å². The van der Waals surface area contributed by atoms with E-state index in [2.05, 4.69) is 5.32 Å². The molecule has 1 amide bonds. The van der Waals surface area contributed by atoms with Crippen molar-refractivity contribution in [2.24, 2.45) is 0 Å². The normalized spacial score (nSPS) is 9.47. The van der Waals surface area contributed by atoms with Gasteiger partial charge in [-0.3, -0.25) is 14.9 Å². The quantitative estimate of drug-likeness (QED) is 0.606. The van der Waals surface area contributed by atoms with Crippen LogP contribution in [-0.2, 0) is 4.79 Å². The fourth-order valence-electron chi connectivity index (χ4n) is 1.10. The van der Waals surface area contributed by atoms with E-state index in [1.807, 2.05) is 0 Å². The van der Waals surface area contributed by atoms with Gasteiger partial charge in [-0.2, -0.15) is 0 Å². The van der Waals surface area contributed by atoms with Crippen LogP contribution >= 0.6 is 0 Å². The number of nitrogens with zero attached hydrogens (tertiary/aromatic N) is 1. The monoisotopic (exact) mass is 210 g/mol. The predicted octanol–water partition coefficient (Wildman–Crippen LogP) is 1.56. The molecule has 80 valence electrons. The summed E-state index contributed by atoms with van der Waals surface area (Å²) in [4.78, 5) is 20.8. The van der Waals surface area contributed by atoms with E-state index >= 15 is 0 Å². The molecule has 1 aromatic rings. The number of rotatable bonds is 3. The third-order valence-corrected chi connectivity index (χ3v) is 1.70. The lowest BCUT2D eigenvalue weighted by Crippen LogP contribution is -2.07. The Kier molecular flexibility index (Phi) is 3.22. The highest BCUT2D eigenvalue weighted by Crippen LogP contribution is 2.28. The van der Waals surface area contributed by atoms with E-state index in [1.54, 1.807) is 0 Å². The largest absolute Gasteiger partial charge is 0.495 e. The Bertz CT molecular complexity index is 403.